The molecule has 0 aliphatic heterocycles. The minimum atomic E-state index is 0. The van der Waals surface area contributed by atoms with Crippen molar-refractivity contribution in [3.63, 3.8) is 0 Å². The van der Waals surface area contributed by atoms with Gasteiger partial charge in [-0.25, -0.2) is 0 Å². The van der Waals surface area contributed by atoms with Crippen molar-refractivity contribution in [2.24, 2.45) is 0 Å². The second kappa shape index (κ2) is 21.8. The van der Waals surface area contributed by atoms with E-state index < -0.39 is 0 Å². The molecular weight excluding hydrogens is 556 g/mol. The molecule has 2 N–H and O–H groups in total. The smallest absolute Gasteiger partial charge is 0.0809 e. The molecular formula is C34H38N2SiZr-4. The van der Waals surface area contributed by atoms with Crippen LogP contribution < -0.4 is 10.6 Å². The second-order valence-electron chi connectivity index (χ2n) is 7.54. The summed E-state index contributed by atoms with van der Waals surface area (Å²) < 4.78 is 0. The Morgan fingerprint density at radius 2 is 0.789 bits per heavy atom. The van der Waals surface area contributed by atoms with E-state index in [-0.39, 0.29) is 14.9 Å². The number of hydrogen-bond donors (Lipinski definition) is 2. The van der Waals surface area contributed by atoms with Gasteiger partial charge in [0.2, 0.25) is 0 Å². The Bertz CT molecular complexity index is 1180. The van der Waals surface area contributed by atoms with Gasteiger partial charge in [0.15, 0.2) is 0 Å². The van der Waals surface area contributed by atoms with Crippen LogP contribution in [0.1, 0.15) is 0 Å². The Hall–Kier alpha value is -3.20. The predicted octanol–water partition coefficient (Wildman–Crippen LogP) is 9.09. The van der Waals surface area contributed by atoms with Crippen LogP contribution in [-0.2, 0) is 23.3 Å². The summed E-state index contributed by atoms with van der Waals surface area (Å²) in [5.74, 6) is 0. The van der Waals surface area contributed by atoms with Crippen LogP contribution in [0.3, 0.4) is 0 Å². The molecule has 0 unspecified atom stereocenters. The summed E-state index contributed by atoms with van der Waals surface area (Å²) in [6.45, 7) is 3.06. The fourth-order valence-electron chi connectivity index (χ4n) is 3.35. The summed E-state index contributed by atoms with van der Waals surface area (Å²) in [5, 5.41) is 11.4. The molecule has 6 rings (SSSR count). The van der Waals surface area contributed by atoms with Gasteiger partial charge in [-0.1, -0.05) is 48.5 Å². The van der Waals surface area contributed by atoms with Crippen molar-refractivity contribution in [2.45, 2.75) is 0 Å². The summed E-state index contributed by atoms with van der Waals surface area (Å²) in [7, 11) is 3.82. The van der Waals surface area contributed by atoms with E-state index in [9.17, 15) is 0 Å². The van der Waals surface area contributed by atoms with E-state index in [4.69, 9.17) is 0 Å². The van der Waals surface area contributed by atoms with E-state index in [1.807, 2.05) is 74.8 Å². The van der Waals surface area contributed by atoms with Gasteiger partial charge in [-0.05, 0) is 24.3 Å². The van der Waals surface area contributed by atoms with Crippen LogP contribution in [0.2, 0.25) is 0 Å². The summed E-state index contributed by atoms with van der Waals surface area (Å²) >= 11 is 1.36. The van der Waals surface area contributed by atoms with E-state index >= 15 is 0 Å². The summed E-state index contributed by atoms with van der Waals surface area (Å²) in [6, 6.07) is 49.5. The van der Waals surface area contributed by atoms with Gasteiger partial charge in [0.25, 0.3) is 0 Å². The molecule has 0 bridgehead atoms. The van der Waals surface area contributed by atoms with E-state index in [0.717, 1.165) is 11.4 Å². The monoisotopic (exact) mass is 592 g/mol. The molecule has 0 fully saturated rings. The van der Waals surface area contributed by atoms with Crippen LogP contribution in [0, 0.1) is 14.9 Å². The zero-order valence-corrected chi connectivity index (χ0v) is 26.3. The van der Waals surface area contributed by atoms with E-state index in [1.165, 1.54) is 44.9 Å². The molecule has 0 aliphatic carbocycles. The fraction of sp³-hybridized carbons (Fsp3) is 0.0588. The zero-order chi connectivity index (χ0) is 25.8. The van der Waals surface area contributed by atoms with Crippen LogP contribution >= 0.6 is 0 Å². The topological polar surface area (TPSA) is 24.1 Å². The Balaban J connectivity index is 0.000000463. The third kappa shape index (κ3) is 12.9. The average Bonchev–Trinajstić information content (AvgIpc) is 3.66. The summed E-state index contributed by atoms with van der Waals surface area (Å²) in [5.41, 5.74) is 2.32. The normalized spacial score (nSPS) is 8.55. The maximum absolute atomic E-state index is 3.06. The molecule has 0 saturated heterocycles. The first-order chi connectivity index (χ1) is 17.8. The molecule has 2 radical (unpaired) electrons. The number of fused-ring (bicyclic) bond motifs is 2. The maximum atomic E-state index is 3.06. The molecule has 0 aromatic heterocycles. The first-order valence-electron chi connectivity index (χ1n) is 11.7. The van der Waals surface area contributed by atoms with Crippen molar-refractivity contribution in [1.82, 2.24) is 0 Å². The number of nitrogens with one attached hydrogen (secondary N) is 2. The van der Waals surface area contributed by atoms with Gasteiger partial charge in [0, 0.05) is 25.5 Å². The molecule has 0 amide bonds. The van der Waals surface area contributed by atoms with Gasteiger partial charge in [-0.2, -0.15) is 35.0 Å². The van der Waals surface area contributed by atoms with Crippen LogP contribution in [-0.4, -0.2) is 21.0 Å². The molecule has 196 valence electrons. The van der Waals surface area contributed by atoms with Gasteiger partial charge in [-0.3, -0.25) is 0 Å². The number of para-hydroxylation sites is 2. The molecule has 6 aromatic rings. The molecule has 0 atom stereocenters. The quantitative estimate of drug-likeness (QED) is 0.155. The van der Waals surface area contributed by atoms with E-state index in [2.05, 4.69) is 102 Å². The Labute approximate surface area is 247 Å². The van der Waals surface area contributed by atoms with Crippen LogP contribution in [0.4, 0.5) is 11.4 Å². The number of anilines is 2. The third-order valence-corrected chi connectivity index (χ3v) is 5.22. The van der Waals surface area contributed by atoms with E-state index in [0.29, 0.717) is 0 Å². The van der Waals surface area contributed by atoms with Gasteiger partial charge in [-0.15, -0.1) is 59.3 Å². The second-order valence-corrected chi connectivity index (χ2v) is 7.54. The van der Waals surface area contributed by atoms with Crippen LogP contribution in [0.25, 0.3) is 21.5 Å². The summed E-state index contributed by atoms with van der Waals surface area (Å²) in [4.78, 5) is 0. The van der Waals surface area contributed by atoms with Crippen molar-refractivity contribution in [2.75, 3.05) is 24.7 Å². The molecule has 0 spiro atoms. The maximum Gasteiger partial charge on any atom is -0.0809 e. The Morgan fingerprint density at radius 3 is 1.08 bits per heavy atom. The standard InChI is InChI=1S/2C9H7.2C7H9N.2CH3.Si.Zr/c2*1-2-5-9-7-3-6-8(9)4-1;2*1-8-7-5-3-2-4-6-7;;;;/h2*1-7H;2*2-6,8H,1H3;2*1H3;;/q2*-1;;;2*-1;;. The number of hydrogen-bond acceptors (Lipinski definition) is 2. The van der Waals surface area contributed by atoms with Gasteiger partial charge >= 0.3 is 30.2 Å². The Kier molecular flexibility index (Phi) is 20.0. The fourth-order valence-corrected chi connectivity index (χ4v) is 3.35. The molecule has 0 aliphatic rings. The first kappa shape index (κ1) is 34.8. The van der Waals surface area contributed by atoms with Crippen LogP contribution in [0.15, 0.2) is 146 Å². The van der Waals surface area contributed by atoms with Gasteiger partial charge in [0.1, 0.15) is 0 Å². The number of rotatable bonds is 2. The minimum absolute atomic E-state index is 0. The van der Waals surface area contributed by atoms with Gasteiger partial charge in [0.05, 0.1) is 0 Å². The third-order valence-electron chi connectivity index (χ3n) is 5.22. The zero-order valence-electron chi connectivity index (χ0n) is 22.9. The van der Waals surface area contributed by atoms with Crippen molar-refractivity contribution in [3.8, 4) is 0 Å². The molecule has 4 heteroatoms. The van der Waals surface area contributed by atoms with Crippen molar-refractivity contribution in [3.05, 3.63) is 160 Å². The van der Waals surface area contributed by atoms with Crippen molar-refractivity contribution in [1.29, 1.82) is 0 Å². The first-order valence-corrected chi connectivity index (χ1v) is 15.9. The SMILES string of the molecule is CNc1ccccc1.CNc1ccccc1.[CH3-].[CH3-].[Si]=[Zr].c1ccc2[cH-]ccc2c1.c1ccc2[cH-]ccc2c1. The summed E-state index contributed by atoms with van der Waals surface area (Å²) in [6.07, 6.45) is 0. The molecule has 6 aromatic carbocycles. The molecule has 2 nitrogen and oxygen atoms in total. The largest absolute Gasteiger partial charge is 0.168 e. The molecule has 0 saturated carbocycles. The molecule has 0 heterocycles. The predicted molar refractivity (Wildman–Crippen MR) is 170 cm³/mol. The van der Waals surface area contributed by atoms with Gasteiger partial charge < -0.3 is 25.5 Å². The average molecular weight is 594 g/mol. The van der Waals surface area contributed by atoms with Crippen molar-refractivity contribution >= 4 is 39.8 Å². The number of benzene rings is 4. The Morgan fingerprint density at radius 1 is 0.474 bits per heavy atom. The minimum Gasteiger partial charge on any atom is -0.168 e. The van der Waals surface area contributed by atoms with Crippen molar-refractivity contribution < 1.29 is 23.3 Å². The van der Waals surface area contributed by atoms with E-state index in [1.54, 1.807) is 0 Å². The molecule has 38 heavy (non-hydrogen) atoms. The van der Waals surface area contributed by atoms with Crippen LogP contribution in [0.5, 0.6) is 0 Å².